The lowest BCUT2D eigenvalue weighted by molar-refractivity contribution is -0.116. The van der Waals surface area contributed by atoms with Crippen LogP contribution < -0.4 is 15.5 Å². The van der Waals surface area contributed by atoms with E-state index in [-0.39, 0.29) is 11.5 Å². The summed E-state index contributed by atoms with van der Waals surface area (Å²) in [6, 6.07) is 16.7. The molecule has 0 spiro atoms. The summed E-state index contributed by atoms with van der Waals surface area (Å²) in [5, 5.41) is 6.10. The standard InChI is InChI=1S/C33H30FN7O3/c1-20(42)15-22-3-7-26(8-4-22)37-33(43)39-29-10-6-24(16-28(29)34)31-38-30-17-23(25-18-35-21(2)36-19-25)5-9-27(30)32(40-31)41-11-13-44-14-12-41/h3-10,16-19H,11-15H2,1-2H3,(H2,37,39,43). The molecule has 0 radical (unpaired) electrons. The van der Waals surface area contributed by atoms with Crippen LogP contribution in [0.4, 0.5) is 26.4 Å². The number of benzene rings is 3. The quantitative estimate of drug-likeness (QED) is 0.243. The molecule has 0 unspecified atom stereocenters. The number of carbonyl (C=O) groups excluding carboxylic acids is 2. The summed E-state index contributed by atoms with van der Waals surface area (Å²) >= 11 is 0. The first-order chi connectivity index (χ1) is 21.3. The minimum absolute atomic E-state index is 0.00954. The molecule has 1 aliphatic rings. The highest BCUT2D eigenvalue weighted by Crippen LogP contribution is 2.32. The first kappa shape index (κ1) is 28.8. The first-order valence-corrected chi connectivity index (χ1v) is 14.2. The number of nitrogens with one attached hydrogen (secondary N) is 2. The number of Topliss-reactive ketones (excluding diaryl/α,β-unsaturated/α-hetero) is 1. The number of amides is 2. The molecule has 2 aromatic heterocycles. The summed E-state index contributed by atoms with van der Waals surface area (Å²) in [6.45, 7) is 5.86. The number of hydrogen-bond donors (Lipinski definition) is 2. The molecule has 2 amide bonds. The van der Waals surface area contributed by atoms with Crippen LogP contribution in [0, 0.1) is 12.7 Å². The fourth-order valence-electron chi connectivity index (χ4n) is 5.01. The second-order valence-corrected chi connectivity index (χ2v) is 10.6. The van der Waals surface area contributed by atoms with Crippen molar-refractivity contribution in [3.8, 4) is 22.5 Å². The van der Waals surface area contributed by atoms with Crippen LogP contribution in [0.2, 0.25) is 0 Å². The molecule has 44 heavy (non-hydrogen) atoms. The van der Waals surface area contributed by atoms with Crippen molar-refractivity contribution in [2.75, 3.05) is 41.8 Å². The van der Waals surface area contributed by atoms with Crippen LogP contribution in [-0.2, 0) is 16.0 Å². The molecule has 1 fully saturated rings. The maximum Gasteiger partial charge on any atom is 0.323 e. The summed E-state index contributed by atoms with van der Waals surface area (Å²) < 4.78 is 20.9. The van der Waals surface area contributed by atoms with Gasteiger partial charge in [-0.15, -0.1) is 0 Å². The SMILES string of the molecule is CC(=O)Cc1ccc(NC(=O)Nc2ccc(-c3nc(N4CCOCC4)c4ccc(-c5cnc(C)nc5)cc4n3)cc2F)cc1. The van der Waals surface area contributed by atoms with Gasteiger partial charge in [0.25, 0.3) is 0 Å². The van der Waals surface area contributed by atoms with Gasteiger partial charge in [0.2, 0.25) is 0 Å². The number of nitrogens with zero attached hydrogens (tertiary/aromatic N) is 5. The highest BCUT2D eigenvalue weighted by atomic mass is 19.1. The van der Waals surface area contributed by atoms with Crippen LogP contribution in [0.3, 0.4) is 0 Å². The van der Waals surface area contributed by atoms with Crippen molar-refractivity contribution >= 4 is 39.9 Å². The van der Waals surface area contributed by atoms with Crippen LogP contribution in [-0.4, -0.2) is 58.1 Å². The molecular formula is C33H30FN7O3. The molecule has 0 bridgehead atoms. The molecule has 3 aromatic carbocycles. The number of aromatic nitrogens is 4. The predicted molar refractivity (Wildman–Crippen MR) is 167 cm³/mol. The summed E-state index contributed by atoms with van der Waals surface area (Å²) in [5.74, 6) is 1.21. The topological polar surface area (TPSA) is 122 Å². The highest BCUT2D eigenvalue weighted by molar-refractivity contribution is 6.00. The van der Waals surface area contributed by atoms with Crippen LogP contribution in [0.15, 0.2) is 73.1 Å². The summed E-state index contributed by atoms with van der Waals surface area (Å²) in [4.78, 5) is 44.4. The van der Waals surface area contributed by atoms with Crippen molar-refractivity contribution in [3.05, 3.63) is 90.3 Å². The number of ether oxygens (including phenoxy) is 1. The third-order valence-corrected chi connectivity index (χ3v) is 7.24. The molecule has 1 aliphatic heterocycles. The molecule has 1 saturated heterocycles. The molecule has 222 valence electrons. The van der Waals surface area contributed by atoms with Crippen LogP contribution in [0.25, 0.3) is 33.4 Å². The number of fused-ring (bicyclic) bond motifs is 1. The molecule has 6 rings (SSSR count). The number of hydrogen-bond acceptors (Lipinski definition) is 8. The molecule has 11 heteroatoms. The Morgan fingerprint density at radius 3 is 2.32 bits per heavy atom. The Bertz CT molecular complexity index is 1840. The van der Waals surface area contributed by atoms with Gasteiger partial charge >= 0.3 is 6.03 Å². The number of carbonyl (C=O) groups is 2. The number of anilines is 3. The van der Waals surface area contributed by atoms with Crippen LogP contribution in [0.1, 0.15) is 18.3 Å². The van der Waals surface area contributed by atoms with E-state index < -0.39 is 11.8 Å². The number of ketones is 1. The maximum absolute atomic E-state index is 15.3. The van der Waals surface area contributed by atoms with Gasteiger partial charge < -0.3 is 20.3 Å². The molecular weight excluding hydrogens is 561 g/mol. The zero-order valence-electron chi connectivity index (χ0n) is 24.3. The predicted octanol–water partition coefficient (Wildman–Crippen LogP) is 5.81. The molecule has 2 N–H and O–H groups in total. The highest BCUT2D eigenvalue weighted by Gasteiger charge is 2.19. The Kier molecular flexibility index (Phi) is 8.20. The van der Waals surface area contributed by atoms with Crippen molar-refractivity contribution in [3.63, 3.8) is 0 Å². The Morgan fingerprint density at radius 2 is 1.61 bits per heavy atom. The van der Waals surface area contributed by atoms with E-state index in [1.165, 1.54) is 19.1 Å². The van der Waals surface area contributed by atoms with E-state index in [0.29, 0.717) is 61.1 Å². The minimum Gasteiger partial charge on any atom is -0.378 e. The first-order valence-electron chi connectivity index (χ1n) is 14.2. The number of morpholine rings is 1. The molecule has 10 nitrogen and oxygen atoms in total. The summed E-state index contributed by atoms with van der Waals surface area (Å²) in [7, 11) is 0. The van der Waals surface area contributed by atoms with E-state index in [4.69, 9.17) is 14.7 Å². The van der Waals surface area contributed by atoms with Crippen LogP contribution in [0.5, 0.6) is 0 Å². The normalized spacial score (nSPS) is 13.1. The van der Waals surface area contributed by atoms with Gasteiger partial charge in [-0.3, -0.25) is 4.79 Å². The third kappa shape index (κ3) is 6.52. The molecule has 5 aromatic rings. The maximum atomic E-state index is 15.3. The van der Waals surface area contributed by atoms with Gasteiger partial charge in [0.1, 0.15) is 23.2 Å². The van der Waals surface area contributed by atoms with Crippen molar-refractivity contribution in [2.45, 2.75) is 20.3 Å². The number of urea groups is 1. The zero-order chi connectivity index (χ0) is 30.6. The Morgan fingerprint density at radius 1 is 0.886 bits per heavy atom. The second kappa shape index (κ2) is 12.5. The van der Waals surface area contributed by atoms with Crippen molar-refractivity contribution in [2.24, 2.45) is 0 Å². The lowest BCUT2D eigenvalue weighted by Crippen LogP contribution is -2.37. The number of halogens is 1. The van der Waals surface area contributed by atoms with Gasteiger partial charge in [-0.05, 0) is 67.4 Å². The molecule has 3 heterocycles. The average molecular weight is 592 g/mol. The van der Waals surface area contributed by atoms with E-state index in [2.05, 4.69) is 25.5 Å². The lowest BCUT2D eigenvalue weighted by atomic mass is 10.1. The fraction of sp³-hybridized carbons (Fsp3) is 0.212. The minimum atomic E-state index is -0.628. The third-order valence-electron chi connectivity index (χ3n) is 7.24. The summed E-state index contributed by atoms with van der Waals surface area (Å²) in [6.07, 6.45) is 3.87. The Hall–Kier alpha value is -5.29. The van der Waals surface area contributed by atoms with Gasteiger partial charge in [0.15, 0.2) is 5.82 Å². The molecule has 0 saturated carbocycles. The average Bonchev–Trinajstić information content (AvgIpc) is 3.02. The summed E-state index contributed by atoms with van der Waals surface area (Å²) in [5.41, 5.74) is 4.30. The monoisotopic (exact) mass is 591 g/mol. The molecule has 0 aliphatic carbocycles. The van der Waals surface area contributed by atoms with E-state index in [0.717, 1.165) is 27.9 Å². The van der Waals surface area contributed by atoms with Gasteiger partial charge in [-0.25, -0.2) is 29.1 Å². The van der Waals surface area contributed by atoms with E-state index >= 15 is 4.39 Å². The van der Waals surface area contributed by atoms with Crippen molar-refractivity contribution in [1.29, 1.82) is 0 Å². The van der Waals surface area contributed by atoms with Crippen molar-refractivity contribution in [1.82, 2.24) is 19.9 Å². The second-order valence-electron chi connectivity index (χ2n) is 10.6. The van der Waals surface area contributed by atoms with E-state index in [1.54, 1.807) is 42.7 Å². The fourth-order valence-corrected chi connectivity index (χ4v) is 5.01. The largest absolute Gasteiger partial charge is 0.378 e. The van der Waals surface area contributed by atoms with E-state index in [1.807, 2.05) is 25.1 Å². The Balaban J connectivity index is 1.28. The van der Waals surface area contributed by atoms with Gasteiger partial charge in [0.05, 0.1) is 24.4 Å². The lowest BCUT2D eigenvalue weighted by Gasteiger charge is -2.29. The van der Waals surface area contributed by atoms with Gasteiger partial charge in [-0.2, -0.15) is 0 Å². The van der Waals surface area contributed by atoms with Gasteiger partial charge in [0, 0.05) is 54.1 Å². The smallest absolute Gasteiger partial charge is 0.323 e. The molecule has 0 atom stereocenters. The van der Waals surface area contributed by atoms with Crippen LogP contribution >= 0.6 is 0 Å². The van der Waals surface area contributed by atoms with Gasteiger partial charge in [-0.1, -0.05) is 18.2 Å². The van der Waals surface area contributed by atoms with Crippen molar-refractivity contribution < 1.29 is 18.7 Å². The van der Waals surface area contributed by atoms with E-state index in [9.17, 15) is 9.59 Å². The number of aryl methyl sites for hydroxylation is 1. The Labute approximate surface area is 253 Å². The number of rotatable bonds is 7. The zero-order valence-corrected chi connectivity index (χ0v) is 24.3.